The van der Waals surface area contributed by atoms with Gasteiger partial charge in [-0.3, -0.25) is 10.1 Å². The van der Waals surface area contributed by atoms with Gasteiger partial charge in [-0.1, -0.05) is 6.07 Å². The van der Waals surface area contributed by atoms with E-state index in [0.29, 0.717) is 23.7 Å². The number of nitrogens with zero attached hydrogens (tertiary/aromatic N) is 3. The largest absolute Gasteiger partial charge is 0.493 e. The van der Waals surface area contributed by atoms with E-state index in [-0.39, 0.29) is 10.1 Å². The third-order valence-electron chi connectivity index (χ3n) is 3.67. The third kappa shape index (κ3) is 6.91. The van der Waals surface area contributed by atoms with Gasteiger partial charge in [-0.05, 0) is 44.4 Å². The van der Waals surface area contributed by atoms with Crippen LogP contribution in [-0.2, 0) is 14.3 Å². The van der Waals surface area contributed by atoms with Gasteiger partial charge in [-0.2, -0.15) is 5.10 Å². The van der Waals surface area contributed by atoms with E-state index in [1.807, 2.05) is 26.2 Å². The maximum absolute atomic E-state index is 11.8. The lowest BCUT2D eigenvalue weighted by Crippen LogP contribution is -2.19. The number of rotatable bonds is 9. The Morgan fingerprint density at radius 3 is 2.79 bits per heavy atom. The topological polar surface area (TPSA) is 102 Å². The van der Waals surface area contributed by atoms with Crippen molar-refractivity contribution < 1.29 is 23.8 Å². The van der Waals surface area contributed by atoms with Gasteiger partial charge in [0, 0.05) is 18.2 Å². The Morgan fingerprint density at radius 1 is 1.31 bits per heavy atom. The van der Waals surface area contributed by atoms with E-state index in [2.05, 4.69) is 25.2 Å². The van der Waals surface area contributed by atoms with Crippen LogP contribution in [0.25, 0.3) is 0 Å². The molecule has 0 atom stereocenters. The first kappa shape index (κ1) is 22.4. The zero-order chi connectivity index (χ0) is 21.2. The highest BCUT2D eigenvalue weighted by atomic mass is 32.2. The first-order chi connectivity index (χ1) is 13.9. The van der Waals surface area contributed by atoms with Crippen LogP contribution in [0.4, 0.5) is 0 Å². The number of hydrogen-bond acceptors (Lipinski definition) is 9. The Kier molecular flexibility index (Phi) is 8.68. The summed E-state index contributed by atoms with van der Waals surface area (Å²) in [6.07, 6.45) is 3.49. The van der Waals surface area contributed by atoms with Crippen molar-refractivity contribution in [1.29, 1.82) is 0 Å². The van der Waals surface area contributed by atoms with Gasteiger partial charge in [0.15, 0.2) is 16.7 Å². The lowest BCUT2D eigenvalue weighted by Gasteiger charge is -2.14. The van der Waals surface area contributed by atoms with Crippen LogP contribution in [0.15, 0.2) is 39.4 Å². The molecule has 1 heterocycles. The number of esters is 1. The molecule has 10 heteroatoms. The van der Waals surface area contributed by atoms with Gasteiger partial charge in [-0.15, -0.1) is 5.10 Å². The fourth-order valence-corrected chi connectivity index (χ4v) is 3.03. The standard InChI is InChI=1S/C19H24N4O5S/c1-23(2)9-6-10-28-17-13(7-5-8-14(17)26-3)12-20-22-19-21-18(25)15(29-19)11-16(24)27-4/h5,7-8,11-12H,6,9-10H2,1-4H3,(H,21,22,25)/b15-11+,20-12?. The minimum absolute atomic E-state index is 0.192. The fraction of sp³-hybridized carbons (Fsp3) is 0.368. The van der Waals surface area contributed by atoms with E-state index < -0.39 is 11.9 Å². The van der Waals surface area contributed by atoms with Crippen LogP contribution in [-0.4, -0.2) is 69.6 Å². The number of thioether (sulfide) groups is 1. The molecule has 2 rings (SSSR count). The first-order valence-corrected chi connectivity index (χ1v) is 9.60. The molecular weight excluding hydrogens is 396 g/mol. The van der Waals surface area contributed by atoms with Gasteiger partial charge in [0.2, 0.25) is 0 Å². The molecule has 0 spiro atoms. The van der Waals surface area contributed by atoms with Crippen LogP contribution in [0, 0.1) is 0 Å². The summed E-state index contributed by atoms with van der Waals surface area (Å²) in [5.41, 5.74) is 0.693. The lowest BCUT2D eigenvalue weighted by atomic mass is 10.2. The molecule has 0 saturated carbocycles. The van der Waals surface area contributed by atoms with Crippen molar-refractivity contribution in [2.24, 2.45) is 10.2 Å². The van der Waals surface area contributed by atoms with Crippen LogP contribution in [0.1, 0.15) is 12.0 Å². The van der Waals surface area contributed by atoms with Gasteiger partial charge in [0.05, 0.1) is 31.9 Å². The number of amides is 1. The zero-order valence-corrected chi connectivity index (χ0v) is 17.6. The summed E-state index contributed by atoms with van der Waals surface area (Å²) in [5.74, 6) is 0.130. The quantitative estimate of drug-likeness (QED) is 0.213. The summed E-state index contributed by atoms with van der Waals surface area (Å²) in [7, 11) is 6.82. The Bertz CT molecular complexity index is 836. The van der Waals surface area contributed by atoms with Crippen LogP contribution in [0.3, 0.4) is 0 Å². The highest BCUT2D eigenvalue weighted by molar-refractivity contribution is 8.18. The number of para-hydroxylation sites is 1. The summed E-state index contributed by atoms with van der Waals surface area (Å²) < 4.78 is 15.8. The van der Waals surface area contributed by atoms with Crippen molar-refractivity contribution in [3.63, 3.8) is 0 Å². The van der Waals surface area contributed by atoms with E-state index in [4.69, 9.17) is 9.47 Å². The molecule has 0 bridgehead atoms. The number of nitrogens with one attached hydrogen (secondary N) is 1. The molecule has 1 aromatic carbocycles. The number of methoxy groups -OCH3 is 2. The molecule has 0 aromatic heterocycles. The molecule has 0 aliphatic carbocycles. The molecule has 1 saturated heterocycles. The molecule has 156 valence electrons. The Morgan fingerprint density at radius 2 is 2.10 bits per heavy atom. The second-order valence-electron chi connectivity index (χ2n) is 6.12. The minimum Gasteiger partial charge on any atom is -0.493 e. The number of carbonyl (C=O) groups is 2. The van der Waals surface area contributed by atoms with Gasteiger partial charge >= 0.3 is 5.97 Å². The fourth-order valence-electron chi connectivity index (χ4n) is 2.29. The second kappa shape index (κ2) is 11.2. The minimum atomic E-state index is -0.611. The normalized spacial score (nSPS) is 16.7. The highest BCUT2D eigenvalue weighted by Crippen LogP contribution is 2.30. The number of carbonyl (C=O) groups excluding carboxylic acids is 2. The Labute approximate surface area is 173 Å². The smallest absolute Gasteiger partial charge is 0.331 e. The predicted molar refractivity (Wildman–Crippen MR) is 113 cm³/mol. The molecule has 0 radical (unpaired) electrons. The molecule has 9 nitrogen and oxygen atoms in total. The molecule has 29 heavy (non-hydrogen) atoms. The maximum atomic E-state index is 11.8. The summed E-state index contributed by atoms with van der Waals surface area (Å²) >= 11 is 1.00. The van der Waals surface area contributed by atoms with Crippen molar-refractivity contribution >= 4 is 35.0 Å². The van der Waals surface area contributed by atoms with Gasteiger partial charge in [0.1, 0.15) is 0 Å². The van der Waals surface area contributed by atoms with Crippen LogP contribution in [0.5, 0.6) is 11.5 Å². The Hall–Kier alpha value is -2.85. The average Bonchev–Trinajstić information content (AvgIpc) is 3.04. The highest BCUT2D eigenvalue weighted by Gasteiger charge is 2.25. The summed E-state index contributed by atoms with van der Waals surface area (Å²) in [4.78, 5) is 25.4. The van der Waals surface area contributed by atoms with Crippen molar-refractivity contribution in [3.8, 4) is 11.5 Å². The van der Waals surface area contributed by atoms with Gasteiger partial charge in [-0.25, -0.2) is 4.79 Å². The molecule has 1 N–H and O–H groups in total. The molecule has 0 unspecified atom stereocenters. The predicted octanol–water partition coefficient (Wildman–Crippen LogP) is 1.64. The van der Waals surface area contributed by atoms with Crippen LogP contribution in [0.2, 0.25) is 0 Å². The van der Waals surface area contributed by atoms with E-state index in [0.717, 1.165) is 30.8 Å². The lowest BCUT2D eigenvalue weighted by molar-refractivity contribution is -0.135. The number of hydrogen-bond donors (Lipinski definition) is 1. The van der Waals surface area contributed by atoms with Crippen molar-refractivity contribution in [1.82, 2.24) is 10.2 Å². The molecular formula is C19H24N4O5S. The van der Waals surface area contributed by atoms with Gasteiger partial charge in [0.25, 0.3) is 5.91 Å². The molecule has 1 aliphatic rings. The molecule has 1 aliphatic heterocycles. The number of ether oxygens (including phenoxy) is 3. The summed E-state index contributed by atoms with van der Waals surface area (Å²) in [6.45, 7) is 1.44. The SMILES string of the molecule is COC(=O)/C=C1/S/C(=N\N=Cc2cccc(OC)c2OCCCN(C)C)NC1=O. The van der Waals surface area contributed by atoms with Gasteiger partial charge < -0.3 is 19.1 Å². The van der Waals surface area contributed by atoms with Crippen molar-refractivity contribution in [3.05, 3.63) is 34.7 Å². The number of benzene rings is 1. The Balaban J connectivity index is 2.10. The third-order valence-corrected chi connectivity index (χ3v) is 4.57. The van der Waals surface area contributed by atoms with E-state index >= 15 is 0 Å². The number of amidine groups is 1. The van der Waals surface area contributed by atoms with Crippen molar-refractivity contribution in [2.75, 3.05) is 41.5 Å². The first-order valence-electron chi connectivity index (χ1n) is 8.79. The van der Waals surface area contributed by atoms with E-state index in [9.17, 15) is 9.59 Å². The molecule has 1 fully saturated rings. The maximum Gasteiger partial charge on any atom is 0.331 e. The molecule has 1 aromatic rings. The van der Waals surface area contributed by atoms with Crippen molar-refractivity contribution in [2.45, 2.75) is 6.42 Å². The van der Waals surface area contributed by atoms with E-state index in [1.54, 1.807) is 13.2 Å². The summed E-state index contributed by atoms with van der Waals surface area (Å²) in [5, 5.41) is 10.8. The zero-order valence-electron chi connectivity index (χ0n) is 16.8. The summed E-state index contributed by atoms with van der Waals surface area (Å²) in [6, 6.07) is 5.46. The average molecular weight is 420 g/mol. The second-order valence-corrected chi connectivity index (χ2v) is 7.15. The monoisotopic (exact) mass is 420 g/mol. The van der Waals surface area contributed by atoms with Crippen LogP contribution < -0.4 is 14.8 Å². The van der Waals surface area contributed by atoms with Crippen LogP contribution >= 0.6 is 11.8 Å². The molecule has 1 amide bonds. The van der Waals surface area contributed by atoms with E-state index in [1.165, 1.54) is 13.3 Å².